The van der Waals surface area contributed by atoms with Crippen molar-refractivity contribution in [1.82, 2.24) is 0 Å². The largest absolute Gasteiger partial charge is 0.434 e. The van der Waals surface area contributed by atoms with Gasteiger partial charge in [0, 0.05) is 5.56 Å². The Morgan fingerprint density at radius 2 is 1.89 bits per heavy atom. The van der Waals surface area contributed by atoms with Crippen LogP contribution in [0.2, 0.25) is 0 Å². The average Bonchev–Trinajstić information content (AvgIpc) is 2.36. The topological polar surface area (TPSA) is 55.5 Å². The first-order chi connectivity index (χ1) is 8.47. The van der Waals surface area contributed by atoms with E-state index in [0.717, 1.165) is 6.42 Å². The maximum absolute atomic E-state index is 12.3. The fourth-order valence-electron chi connectivity index (χ4n) is 1.74. The highest BCUT2D eigenvalue weighted by Crippen LogP contribution is 2.29. The summed E-state index contributed by atoms with van der Waals surface area (Å²) in [6.45, 7) is 0.891. The Labute approximate surface area is 118 Å². The number of aliphatic hydroxyl groups is 1. The molecule has 0 amide bonds. The first-order valence-electron chi connectivity index (χ1n) is 5.94. The molecule has 0 heterocycles. The predicted molar refractivity (Wildman–Crippen MR) is 72.7 cm³/mol. The number of benzene rings is 1. The third kappa shape index (κ3) is 4.93. The summed E-state index contributed by atoms with van der Waals surface area (Å²) in [7, 11) is 0. The molecule has 0 bridgehead atoms. The Morgan fingerprint density at radius 3 is 2.42 bits per heavy atom. The monoisotopic (exact) mass is 295 g/mol. The summed E-state index contributed by atoms with van der Waals surface area (Å²) in [4.78, 5) is 0. The van der Waals surface area contributed by atoms with Crippen molar-refractivity contribution in [1.29, 1.82) is 0 Å². The van der Waals surface area contributed by atoms with Crippen LogP contribution in [0, 0.1) is 5.92 Å². The second-order valence-corrected chi connectivity index (χ2v) is 4.32. The molecule has 0 spiro atoms. The van der Waals surface area contributed by atoms with Crippen LogP contribution in [0.25, 0.3) is 0 Å². The number of rotatable bonds is 6. The van der Waals surface area contributed by atoms with Crippen molar-refractivity contribution in [2.24, 2.45) is 11.7 Å². The molecule has 0 saturated heterocycles. The van der Waals surface area contributed by atoms with E-state index < -0.39 is 18.8 Å². The summed E-state index contributed by atoms with van der Waals surface area (Å²) in [5, 5.41) is 10.0. The zero-order valence-corrected chi connectivity index (χ0v) is 11.7. The van der Waals surface area contributed by atoms with Gasteiger partial charge in [-0.1, -0.05) is 38.5 Å². The fourth-order valence-corrected chi connectivity index (χ4v) is 1.74. The zero-order chi connectivity index (χ0) is 13.7. The first-order valence-corrected chi connectivity index (χ1v) is 5.94. The second-order valence-electron chi connectivity index (χ2n) is 4.32. The van der Waals surface area contributed by atoms with Crippen LogP contribution >= 0.6 is 12.4 Å². The lowest BCUT2D eigenvalue weighted by atomic mass is 9.91. The Morgan fingerprint density at radius 1 is 1.32 bits per heavy atom. The van der Waals surface area contributed by atoms with Crippen LogP contribution < -0.4 is 10.5 Å². The van der Waals surface area contributed by atoms with Crippen LogP contribution in [0.4, 0.5) is 8.78 Å². The molecule has 0 radical (unpaired) electrons. The molecule has 19 heavy (non-hydrogen) atoms. The molecule has 3 atom stereocenters. The Bertz CT molecular complexity index is 379. The number of ether oxygens (including phenoxy) is 1. The summed E-state index contributed by atoms with van der Waals surface area (Å²) in [6.07, 6.45) is -0.0374. The van der Waals surface area contributed by atoms with E-state index in [4.69, 9.17) is 5.73 Å². The highest BCUT2D eigenvalue weighted by molar-refractivity contribution is 5.85. The first kappa shape index (κ1) is 18.1. The van der Waals surface area contributed by atoms with Crippen molar-refractivity contribution in [2.75, 3.05) is 0 Å². The van der Waals surface area contributed by atoms with Crippen molar-refractivity contribution in [3.05, 3.63) is 29.8 Å². The third-order valence-corrected chi connectivity index (χ3v) is 3.09. The van der Waals surface area contributed by atoms with Crippen molar-refractivity contribution in [3.8, 4) is 5.75 Å². The van der Waals surface area contributed by atoms with Gasteiger partial charge < -0.3 is 15.6 Å². The molecule has 1 unspecified atom stereocenters. The van der Waals surface area contributed by atoms with Gasteiger partial charge in [0.2, 0.25) is 0 Å². The van der Waals surface area contributed by atoms with Gasteiger partial charge in [-0.25, -0.2) is 0 Å². The maximum Gasteiger partial charge on any atom is 0.387 e. The zero-order valence-electron chi connectivity index (χ0n) is 10.9. The molecule has 1 aromatic rings. The molecule has 1 rings (SSSR count). The molecule has 3 N–H and O–H groups in total. The van der Waals surface area contributed by atoms with Crippen LogP contribution in [-0.2, 0) is 0 Å². The quantitative estimate of drug-likeness (QED) is 0.848. The minimum Gasteiger partial charge on any atom is -0.434 e. The van der Waals surface area contributed by atoms with Gasteiger partial charge in [-0.3, -0.25) is 0 Å². The molecule has 1 aromatic carbocycles. The van der Waals surface area contributed by atoms with Crippen LogP contribution in [0.1, 0.15) is 31.9 Å². The SMILES string of the molecule is CCC(C)[C@H](O)[C@H](N)c1ccccc1OC(F)F.Cl. The molecular formula is C13H20ClF2NO2. The van der Waals surface area contributed by atoms with E-state index in [-0.39, 0.29) is 24.1 Å². The summed E-state index contributed by atoms with van der Waals surface area (Å²) < 4.78 is 28.9. The van der Waals surface area contributed by atoms with Crippen molar-refractivity contribution in [2.45, 2.75) is 39.0 Å². The standard InChI is InChI=1S/C13H19F2NO2.ClH/c1-3-8(2)12(17)11(16)9-6-4-5-7-10(9)18-13(14)15;/h4-8,11-13,17H,3,16H2,1-2H3;1H/t8?,11-,12+;/m1./s1. The van der Waals surface area contributed by atoms with Gasteiger partial charge in [-0.05, 0) is 12.0 Å². The normalized spacial score (nSPS) is 15.5. The Hall–Kier alpha value is -0.910. The van der Waals surface area contributed by atoms with Crippen LogP contribution in [0.5, 0.6) is 5.75 Å². The predicted octanol–water partition coefficient (Wildman–Crippen LogP) is 3.12. The molecule has 0 aromatic heterocycles. The maximum atomic E-state index is 12.3. The van der Waals surface area contributed by atoms with Gasteiger partial charge in [0.25, 0.3) is 0 Å². The van der Waals surface area contributed by atoms with Crippen molar-refractivity contribution in [3.63, 3.8) is 0 Å². The minimum absolute atomic E-state index is 0. The number of hydrogen-bond acceptors (Lipinski definition) is 3. The molecule has 0 aliphatic rings. The van der Waals surface area contributed by atoms with Gasteiger partial charge >= 0.3 is 6.61 Å². The number of hydrogen-bond donors (Lipinski definition) is 2. The highest BCUT2D eigenvalue weighted by Gasteiger charge is 2.25. The average molecular weight is 296 g/mol. The van der Waals surface area contributed by atoms with Gasteiger partial charge in [-0.2, -0.15) is 8.78 Å². The Kier molecular flexibility index (Phi) is 7.90. The molecule has 0 aliphatic carbocycles. The van der Waals surface area contributed by atoms with E-state index in [1.807, 2.05) is 13.8 Å². The van der Waals surface area contributed by atoms with Crippen LogP contribution in [0.3, 0.4) is 0 Å². The molecule has 0 aliphatic heterocycles. The van der Waals surface area contributed by atoms with Crippen molar-refractivity contribution >= 4 is 12.4 Å². The molecule has 110 valence electrons. The molecule has 6 heteroatoms. The van der Waals surface area contributed by atoms with E-state index in [1.54, 1.807) is 18.2 Å². The number of alkyl halides is 2. The fraction of sp³-hybridized carbons (Fsp3) is 0.538. The Balaban J connectivity index is 0.00000324. The second kappa shape index (κ2) is 8.30. The number of para-hydroxylation sites is 1. The lowest BCUT2D eigenvalue weighted by Gasteiger charge is -2.25. The lowest BCUT2D eigenvalue weighted by Crippen LogP contribution is -2.32. The van der Waals surface area contributed by atoms with Gasteiger partial charge in [-0.15, -0.1) is 12.4 Å². The highest BCUT2D eigenvalue weighted by atomic mass is 35.5. The number of nitrogens with two attached hydrogens (primary N) is 1. The summed E-state index contributed by atoms with van der Waals surface area (Å²) >= 11 is 0. The van der Waals surface area contributed by atoms with Gasteiger partial charge in [0.1, 0.15) is 5.75 Å². The smallest absolute Gasteiger partial charge is 0.387 e. The minimum atomic E-state index is -2.90. The third-order valence-electron chi connectivity index (χ3n) is 3.09. The summed E-state index contributed by atoms with van der Waals surface area (Å²) in [6, 6.07) is 5.54. The molecular weight excluding hydrogens is 276 g/mol. The van der Waals surface area contributed by atoms with E-state index in [9.17, 15) is 13.9 Å². The molecule has 0 saturated carbocycles. The van der Waals surface area contributed by atoms with Gasteiger partial charge in [0.15, 0.2) is 0 Å². The molecule has 0 fully saturated rings. The van der Waals surface area contributed by atoms with E-state index >= 15 is 0 Å². The summed E-state index contributed by atoms with van der Waals surface area (Å²) in [5.41, 5.74) is 6.31. The van der Waals surface area contributed by atoms with Crippen LogP contribution in [0.15, 0.2) is 24.3 Å². The molecule has 3 nitrogen and oxygen atoms in total. The van der Waals surface area contributed by atoms with Crippen LogP contribution in [-0.4, -0.2) is 17.8 Å². The summed E-state index contributed by atoms with van der Waals surface area (Å²) in [5.74, 6) is 0.00181. The lowest BCUT2D eigenvalue weighted by molar-refractivity contribution is -0.0512. The van der Waals surface area contributed by atoms with E-state index in [2.05, 4.69) is 4.74 Å². The number of aliphatic hydroxyl groups excluding tert-OH is 1. The van der Waals surface area contributed by atoms with Crippen molar-refractivity contribution < 1.29 is 18.6 Å². The van der Waals surface area contributed by atoms with Gasteiger partial charge in [0.05, 0.1) is 12.1 Å². The van der Waals surface area contributed by atoms with E-state index in [1.165, 1.54) is 6.07 Å². The van der Waals surface area contributed by atoms with E-state index in [0.29, 0.717) is 5.56 Å². The number of halogens is 3.